The Balaban J connectivity index is 0.000000317. The molecule has 5 fully saturated rings. The zero-order valence-corrected chi connectivity index (χ0v) is 20.7. The van der Waals surface area contributed by atoms with Crippen LogP contribution in [0.25, 0.3) is 0 Å². The number of halogens is 1. The third kappa shape index (κ3) is 4.73. The molecule has 9 atom stereocenters. The Kier molecular flexibility index (Phi) is 8.55. The predicted molar refractivity (Wildman–Crippen MR) is 132 cm³/mol. The van der Waals surface area contributed by atoms with Crippen molar-refractivity contribution in [1.29, 1.82) is 0 Å². The van der Waals surface area contributed by atoms with E-state index in [0.29, 0.717) is 22.4 Å². The summed E-state index contributed by atoms with van der Waals surface area (Å²) < 4.78 is 0. The van der Waals surface area contributed by atoms with Gasteiger partial charge < -0.3 is 5.32 Å². The quantitative estimate of drug-likeness (QED) is 0.425. The van der Waals surface area contributed by atoms with Crippen LogP contribution < -0.4 is 5.32 Å². The fraction of sp³-hybridized carbons (Fsp3) is 0.963. The average Bonchev–Trinajstić information content (AvgIpc) is 3.33. The second-order valence-corrected chi connectivity index (χ2v) is 12.3. The largest absolute Gasteiger partial charge is 0.316 e. The van der Waals surface area contributed by atoms with Crippen molar-refractivity contribution in [3.8, 4) is 0 Å². The number of fused-ring (bicyclic) bond motifs is 5. The molecular weight excluding hydrogens is 434 g/mol. The van der Waals surface area contributed by atoms with E-state index in [9.17, 15) is 4.79 Å². The van der Waals surface area contributed by atoms with E-state index in [2.05, 4.69) is 42.0 Å². The van der Waals surface area contributed by atoms with E-state index in [1.165, 1.54) is 77.3 Å². The van der Waals surface area contributed by atoms with Crippen molar-refractivity contribution < 1.29 is 4.79 Å². The second-order valence-electron chi connectivity index (χ2n) is 11.7. The van der Waals surface area contributed by atoms with Crippen LogP contribution in [-0.2, 0) is 4.79 Å². The van der Waals surface area contributed by atoms with Crippen molar-refractivity contribution in [2.75, 3.05) is 18.4 Å². The van der Waals surface area contributed by atoms with Crippen LogP contribution in [0, 0.1) is 52.8 Å². The maximum absolute atomic E-state index is 12.5. The monoisotopic (exact) mass is 481 g/mol. The van der Waals surface area contributed by atoms with Crippen LogP contribution in [0.2, 0.25) is 0 Å². The molecular formula is C27H48BrNO. The first kappa shape index (κ1) is 24.7. The Morgan fingerprint density at radius 1 is 0.933 bits per heavy atom. The maximum Gasteiger partial charge on any atom is 0.147 e. The van der Waals surface area contributed by atoms with Crippen molar-refractivity contribution in [3.63, 3.8) is 0 Å². The van der Waals surface area contributed by atoms with Crippen LogP contribution in [0.15, 0.2) is 0 Å². The molecule has 0 bridgehead atoms. The molecule has 30 heavy (non-hydrogen) atoms. The summed E-state index contributed by atoms with van der Waals surface area (Å²) in [4.78, 5) is 12.5. The van der Waals surface area contributed by atoms with E-state index in [4.69, 9.17) is 0 Å². The van der Waals surface area contributed by atoms with E-state index < -0.39 is 0 Å². The first-order valence-electron chi connectivity index (χ1n) is 12.7. The van der Waals surface area contributed by atoms with Gasteiger partial charge in [0.2, 0.25) is 0 Å². The molecule has 1 N–H and O–H groups in total. The summed E-state index contributed by atoms with van der Waals surface area (Å²) in [5.41, 5.74) is 0.320. The molecule has 0 aromatic heterocycles. The molecule has 0 spiro atoms. The van der Waals surface area contributed by atoms with Gasteiger partial charge in [-0.3, -0.25) is 4.79 Å². The van der Waals surface area contributed by atoms with E-state index in [1.54, 1.807) is 0 Å². The van der Waals surface area contributed by atoms with Crippen LogP contribution in [0.1, 0.15) is 92.4 Å². The van der Waals surface area contributed by atoms with Gasteiger partial charge in [0.05, 0.1) is 5.33 Å². The number of ketones is 1. The van der Waals surface area contributed by atoms with Gasteiger partial charge in [-0.1, -0.05) is 50.5 Å². The van der Waals surface area contributed by atoms with Gasteiger partial charge >= 0.3 is 0 Å². The lowest BCUT2D eigenvalue weighted by atomic mass is 9.49. The molecule has 0 amide bonds. The van der Waals surface area contributed by atoms with Crippen LogP contribution in [-0.4, -0.2) is 24.2 Å². The molecule has 0 aromatic carbocycles. The topological polar surface area (TPSA) is 29.1 Å². The van der Waals surface area contributed by atoms with Crippen LogP contribution in [0.5, 0.6) is 0 Å². The van der Waals surface area contributed by atoms with Gasteiger partial charge in [-0.15, -0.1) is 0 Å². The summed E-state index contributed by atoms with van der Waals surface area (Å²) in [5.74, 6) is 7.57. The number of hydrogen-bond acceptors (Lipinski definition) is 2. The lowest BCUT2D eigenvalue weighted by Crippen LogP contribution is -2.49. The van der Waals surface area contributed by atoms with Crippen molar-refractivity contribution in [2.24, 2.45) is 52.8 Å². The maximum atomic E-state index is 12.5. The molecule has 9 unspecified atom stereocenters. The zero-order chi connectivity index (χ0) is 20.6. The minimum absolute atomic E-state index is 0. The first-order chi connectivity index (χ1) is 13.9. The van der Waals surface area contributed by atoms with Crippen LogP contribution >= 0.6 is 15.9 Å². The molecule has 1 saturated heterocycles. The van der Waals surface area contributed by atoms with E-state index in [1.807, 2.05) is 0 Å². The van der Waals surface area contributed by atoms with Gasteiger partial charge in [-0.25, -0.2) is 0 Å². The smallest absolute Gasteiger partial charge is 0.147 e. The highest BCUT2D eigenvalue weighted by Crippen LogP contribution is 2.64. The number of Topliss-reactive ketones (excluding diaryl/α,β-unsaturated/α-hetero) is 1. The fourth-order valence-corrected chi connectivity index (χ4v) is 8.90. The molecule has 1 heterocycles. The minimum Gasteiger partial charge on any atom is -0.316 e. The Morgan fingerprint density at radius 2 is 1.70 bits per heavy atom. The van der Waals surface area contributed by atoms with Crippen molar-refractivity contribution >= 4 is 21.7 Å². The van der Waals surface area contributed by atoms with Gasteiger partial charge in [-0.2, -0.15) is 0 Å². The normalized spacial score (nSPS) is 47.1. The summed E-state index contributed by atoms with van der Waals surface area (Å²) in [6, 6.07) is 0. The van der Waals surface area contributed by atoms with E-state index >= 15 is 0 Å². The van der Waals surface area contributed by atoms with Crippen molar-refractivity contribution in [1.82, 2.24) is 5.32 Å². The summed E-state index contributed by atoms with van der Waals surface area (Å²) in [7, 11) is 0. The Morgan fingerprint density at radius 3 is 2.33 bits per heavy atom. The molecule has 5 aliphatic rings. The summed E-state index contributed by atoms with van der Waals surface area (Å²) in [6.07, 6.45) is 14.0. The summed E-state index contributed by atoms with van der Waals surface area (Å²) in [6.45, 7) is 9.69. The van der Waals surface area contributed by atoms with Gasteiger partial charge in [0.15, 0.2) is 0 Å². The molecule has 174 valence electrons. The van der Waals surface area contributed by atoms with E-state index in [0.717, 1.165) is 41.4 Å². The van der Waals surface area contributed by atoms with Crippen LogP contribution in [0.3, 0.4) is 0 Å². The number of hydrogen-bond donors (Lipinski definition) is 1. The highest BCUT2D eigenvalue weighted by atomic mass is 79.9. The summed E-state index contributed by atoms with van der Waals surface area (Å²) in [5, 5.41) is 3.84. The van der Waals surface area contributed by atoms with Gasteiger partial charge in [0.25, 0.3) is 0 Å². The number of rotatable bonds is 2. The molecule has 4 saturated carbocycles. The van der Waals surface area contributed by atoms with Gasteiger partial charge in [0.1, 0.15) is 5.78 Å². The fourth-order valence-electron chi connectivity index (χ4n) is 8.51. The molecule has 2 nitrogen and oxygen atoms in total. The Hall–Kier alpha value is 0.110. The number of carbonyl (C=O) groups is 1. The van der Waals surface area contributed by atoms with Crippen molar-refractivity contribution in [2.45, 2.75) is 92.4 Å². The highest BCUT2D eigenvalue weighted by molar-refractivity contribution is 9.09. The lowest BCUT2D eigenvalue weighted by molar-refractivity contribution is -0.127. The lowest BCUT2D eigenvalue weighted by Gasteiger charge is -2.56. The Bertz CT molecular complexity index is 573. The third-order valence-electron chi connectivity index (χ3n) is 10.0. The van der Waals surface area contributed by atoms with E-state index in [-0.39, 0.29) is 7.43 Å². The zero-order valence-electron chi connectivity index (χ0n) is 19.1. The van der Waals surface area contributed by atoms with Gasteiger partial charge in [-0.05, 0) is 118 Å². The van der Waals surface area contributed by atoms with Gasteiger partial charge in [0, 0.05) is 5.92 Å². The minimum atomic E-state index is 0. The molecule has 0 radical (unpaired) electrons. The third-order valence-corrected chi connectivity index (χ3v) is 10.6. The Labute approximate surface area is 195 Å². The average molecular weight is 483 g/mol. The number of nitrogens with one attached hydrogen (secondary N) is 1. The molecule has 5 rings (SSSR count). The molecule has 3 heteroatoms. The number of carbonyl (C=O) groups excluding carboxylic acids is 1. The highest BCUT2D eigenvalue weighted by Gasteiger charge is 2.58. The molecule has 1 aliphatic heterocycles. The first-order valence-corrected chi connectivity index (χ1v) is 13.9. The number of alkyl halides is 1. The summed E-state index contributed by atoms with van der Waals surface area (Å²) >= 11 is 3.44. The SMILES string of the molecule is C.CC1CCC2C(CCC3C2CCC2(C)C(C(=O)CBr)CCC32)C1.CC1CCNC1. The second kappa shape index (κ2) is 10.4. The molecule has 4 aliphatic carbocycles. The van der Waals surface area contributed by atoms with Crippen molar-refractivity contribution in [3.05, 3.63) is 0 Å². The predicted octanol–water partition coefficient (Wildman–Crippen LogP) is 7.11. The molecule has 0 aromatic rings. The standard InChI is InChI=1S/C21H33BrO.C5H11N.CH4/c1-13-3-5-15-14(11-13)4-6-17-16(15)9-10-21(2)18(17)7-8-19(21)20(23)12-22;1-5-2-3-6-4-5;/h13-19H,3-12H2,1-2H3;5-6H,2-4H2,1H3;1H4. The van der Waals surface area contributed by atoms with Crippen LogP contribution in [0.4, 0.5) is 0 Å².